The first-order valence-corrected chi connectivity index (χ1v) is 32.1. The van der Waals surface area contributed by atoms with E-state index >= 15 is 24.0 Å². The lowest BCUT2D eigenvalue weighted by atomic mass is 9.54. The summed E-state index contributed by atoms with van der Waals surface area (Å²) in [4.78, 5) is 106. The van der Waals surface area contributed by atoms with Crippen LogP contribution in [0.15, 0.2) is 109 Å². The number of carboxylic acid groups (broad SMARTS) is 1. The van der Waals surface area contributed by atoms with Crippen molar-refractivity contribution in [3.63, 3.8) is 0 Å². The number of carbonyl (C=O) groups is 7. The van der Waals surface area contributed by atoms with Crippen LogP contribution in [0.3, 0.4) is 0 Å². The number of phenols is 6. The first-order valence-electron chi connectivity index (χ1n) is 31.3. The highest BCUT2D eigenvalue weighted by Crippen LogP contribution is 2.55. The number of nitrogens with two attached hydrogens (primary N) is 1. The number of aliphatic hydroxyl groups is 2. The molecule has 6 heterocycles. The molecule has 9 atom stereocenters. The van der Waals surface area contributed by atoms with Crippen LogP contribution in [-0.2, 0) is 40.1 Å². The number of carbonyl (C=O) groups excluding carboxylic acids is 6. The van der Waals surface area contributed by atoms with E-state index in [-0.39, 0.29) is 85.3 Å². The Morgan fingerprint density at radius 2 is 1.03 bits per heavy atom. The van der Waals surface area contributed by atoms with Crippen molar-refractivity contribution in [2.75, 3.05) is 0 Å². The highest BCUT2D eigenvalue weighted by molar-refractivity contribution is 6.32. The number of aliphatic hydroxyl groups excluding tert-OH is 2. The second kappa shape index (κ2) is 25.1. The number of rotatable bonds is 4. The standard InChI is InChI=1S/C69H62Cl2N8O19/c70-39-17-28-5-8-44(39)97-47-20-33-21-48(62(47)87)98-45-9-6-29(18-40(45)71)60(85)58-68(93)77-56(69(94)95)37-23-43(83)38(24-73-52-30-11-25-10-26(13-30)14-31(52)12-25)61(86)50(37)49-36(2-1-3-42(49)82)55(66(91)79-58)76-65(90)54(33)74-64(89)53-32-15-34(80)22-35(16-32)96-46-19-27(4-7-41(46)81)51(72)63(88)78-57(59(28)84)67(92)75-53/h1-9,15-23,25-26,30-31,51-60,73,80-87H,10-14,24,72H2,(H,74,89)(H,75,92)(H,76,90)(H,77,93)(H,78,88)(H,79,91)(H,94,95). The highest BCUT2D eigenvalue weighted by atomic mass is 35.5. The molecule has 4 fully saturated rings. The van der Waals surface area contributed by atoms with Gasteiger partial charge in [-0.2, -0.15) is 0 Å². The maximum atomic E-state index is 16.2. The van der Waals surface area contributed by atoms with Gasteiger partial charge in [-0.15, -0.1) is 0 Å². The first-order chi connectivity index (χ1) is 46.8. The molecule has 10 aliphatic rings. The first kappa shape index (κ1) is 64.8. The van der Waals surface area contributed by atoms with Crippen LogP contribution in [0, 0.1) is 23.7 Å². The molecule has 6 amide bonds. The summed E-state index contributed by atoms with van der Waals surface area (Å²) in [5.41, 5.74) is 3.18. The maximum absolute atomic E-state index is 16.2. The summed E-state index contributed by atoms with van der Waals surface area (Å²) >= 11 is 13.8. The molecule has 0 radical (unpaired) electrons. The van der Waals surface area contributed by atoms with Crippen LogP contribution < -0.4 is 57.2 Å². The number of benzene rings is 7. The fourth-order valence-corrected chi connectivity index (χ4v) is 15.5. The summed E-state index contributed by atoms with van der Waals surface area (Å²) in [5.74, 6) is -14.4. The minimum absolute atomic E-state index is 0.0340. The zero-order chi connectivity index (χ0) is 69.0. The van der Waals surface area contributed by atoms with Crippen LogP contribution in [0.2, 0.25) is 10.0 Å². The van der Waals surface area contributed by atoms with E-state index in [9.17, 15) is 55.5 Å². The van der Waals surface area contributed by atoms with E-state index in [1.54, 1.807) is 0 Å². The predicted molar refractivity (Wildman–Crippen MR) is 344 cm³/mol. The number of amides is 6. The van der Waals surface area contributed by atoms with Crippen molar-refractivity contribution in [3.05, 3.63) is 164 Å². The quantitative estimate of drug-likeness (QED) is 0.0907. The number of halogens is 2. The third kappa shape index (κ3) is 11.8. The van der Waals surface area contributed by atoms with E-state index in [1.165, 1.54) is 48.5 Å². The molecule has 4 saturated carbocycles. The molecule has 29 heteroatoms. The van der Waals surface area contributed by atoms with Crippen molar-refractivity contribution in [1.29, 1.82) is 0 Å². The van der Waals surface area contributed by atoms with Crippen LogP contribution in [0.4, 0.5) is 0 Å². The smallest absolute Gasteiger partial charge is 0.330 e. The van der Waals surface area contributed by atoms with E-state index in [2.05, 4.69) is 37.2 Å². The Labute approximate surface area is 565 Å². The number of aliphatic carboxylic acids is 1. The van der Waals surface area contributed by atoms with Gasteiger partial charge in [-0.05, 0) is 162 Å². The van der Waals surface area contributed by atoms with Gasteiger partial charge in [-0.25, -0.2) is 4.79 Å². The third-order valence-corrected chi connectivity index (χ3v) is 20.2. The van der Waals surface area contributed by atoms with Gasteiger partial charge in [0.1, 0.15) is 88.7 Å². The highest BCUT2D eigenvalue weighted by Gasteiger charge is 2.49. The number of phenolic OH excluding ortho intramolecular Hbond substituents is 6. The van der Waals surface area contributed by atoms with Crippen molar-refractivity contribution in [3.8, 4) is 80.1 Å². The molecular formula is C69H62Cl2N8O19. The topological polar surface area (TPSA) is 439 Å². The second-order valence-electron chi connectivity index (χ2n) is 25.7. The predicted octanol–water partition coefficient (Wildman–Crippen LogP) is 6.39. The number of carboxylic acids is 1. The molecule has 0 saturated heterocycles. The normalized spacial score (nSPS) is 27.1. The Morgan fingerprint density at radius 3 is 1.63 bits per heavy atom. The van der Waals surface area contributed by atoms with Gasteiger partial charge in [0.15, 0.2) is 29.0 Å². The molecule has 19 bridgehead atoms. The minimum Gasteiger partial charge on any atom is -0.508 e. The third-order valence-electron chi connectivity index (χ3n) is 19.6. The van der Waals surface area contributed by atoms with Crippen LogP contribution in [0.25, 0.3) is 11.1 Å². The van der Waals surface area contributed by atoms with Crippen molar-refractivity contribution < 1.29 is 93.7 Å². The number of fused-ring (bicyclic) bond motifs is 13. The average Bonchev–Trinajstić information content (AvgIpc) is 1.16. The monoisotopic (exact) mass is 1380 g/mol. The Bertz CT molecular complexity index is 4530. The Balaban J connectivity index is 0.971. The van der Waals surface area contributed by atoms with Gasteiger partial charge < -0.3 is 103 Å². The Kier molecular flexibility index (Phi) is 16.6. The van der Waals surface area contributed by atoms with E-state index < -0.39 is 170 Å². The van der Waals surface area contributed by atoms with E-state index in [1.807, 2.05) is 0 Å². The molecule has 9 unspecified atom stereocenters. The molecule has 7 aromatic carbocycles. The van der Waals surface area contributed by atoms with Crippen LogP contribution in [0.5, 0.6) is 69.0 Å². The van der Waals surface area contributed by atoms with Gasteiger partial charge in [0.25, 0.3) is 0 Å². The molecule has 0 spiro atoms. The summed E-state index contributed by atoms with van der Waals surface area (Å²) in [7, 11) is 0. The second-order valence-corrected chi connectivity index (χ2v) is 26.6. The zero-order valence-electron chi connectivity index (χ0n) is 51.2. The molecule has 17 rings (SSSR count). The Hall–Kier alpha value is -10.6. The molecule has 7 aromatic rings. The van der Waals surface area contributed by atoms with Gasteiger partial charge in [0.05, 0.1) is 15.6 Å². The molecular weight excluding hydrogens is 1320 g/mol. The summed E-state index contributed by atoms with van der Waals surface area (Å²) < 4.78 is 18.5. The summed E-state index contributed by atoms with van der Waals surface area (Å²) in [5, 5.41) is 125. The fourth-order valence-electron chi connectivity index (χ4n) is 15.1. The molecule has 4 aliphatic carbocycles. The van der Waals surface area contributed by atoms with Crippen molar-refractivity contribution in [2.24, 2.45) is 29.4 Å². The van der Waals surface area contributed by atoms with Gasteiger partial charge >= 0.3 is 5.97 Å². The minimum atomic E-state index is -2.28. The van der Waals surface area contributed by atoms with Crippen LogP contribution in [-0.4, -0.2) is 105 Å². The maximum Gasteiger partial charge on any atom is 0.330 e. The van der Waals surface area contributed by atoms with E-state index in [0.717, 1.165) is 92.8 Å². The van der Waals surface area contributed by atoms with Crippen molar-refractivity contribution in [1.82, 2.24) is 37.2 Å². The lowest BCUT2D eigenvalue weighted by molar-refractivity contribution is -0.143. The molecule has 6 aliphatic heterocycles. The molecule has 27 nitrogen and oxygen atoms in total. The van der Waals surface area contributed by atoms with Crippen molar-refractivity contribution >= 4 is 64.6 Å². The summed E-state index contributed by atoms with van der Waals surface area (Å²) in [6, 6.07) is 5.63. The fraction of sp³-hybridized carbons (Fsp3) is 0.290. The SMILES string of the molecule is NC1C(=O)NC2C(=O)NC(C(=O)NC3C(=O)NC4C(=O)NC(C(=O)NC(C(=O)O)c5cc(O)c(CNC6C7CC8CC(C7)CC6C8)c(O)c5-c5c(O)cccc54)C(O)c4ccc(c(Cl)c4)Oc4cc3cc(c4O)Oc3ccc(cc3Cl)C2O)c2cc(O)cc(c2)Oc2cc1ccc2O. The average molecular weight is 1380 g/mol. The van der Waals surface area contributed by atoms with E-state index in [0.29, 0.717) is 11.8 Å². The summed E-state index contributed by atoms with van der Waals surface area (Å²) in [6.45, 7) is -0.204. The number of ether oxygens (including phenoxy) is 3. The van der Waals surface area contributed by atoms with Crippen LogP contribution in [0.1, 0.15) is 119 Å². The molecule has 98 heavy (non-hydrogen) atoms. The van der Waals surface area contributed by atoms with Gasteiger partial charge in [0, 0.05) is 35.3 Å². The largest absolute Gasteiger partial charge is 0.508 e. The Morgan fingerprint density at radius 1 is 0.490 bits per heavy atom. The number of hydrogen-bond acceptors (Lipinski definition) is 20. The summed E-state index contributed by atoms with van der Waals surface area (Å²) in [6.07, 6.45) is 0.878. The lowest BCUT2D eigenvalue weighted by Crippen LogP contribution is -2.55. The van der Waals surface area contributed by atoms with Crippen LogP contribution >= 0.6 is 23.2 Å². The van der Waals surface area contributed by atoms with Gasteiger partial charge in [-0.1, -0.05) is 53.5 Å². The zero-order valence-corrected chi connectivity index (χ0v) is 52.7. The number of nitrogens with one attached hydrogen (secondary N) is 7. The molecule has 18 N–H and O–H groups in total. The number of aromatic hydroxyl groups is 6. The van der Waals surface area contributed by atoms with Crippen molar-refractivity contribution in [2.45, 2.75) is 99.2 Å². The molecule has 506 valence electrons. The number of hydrogen-bond donors (Lipinski definition) is 17. The molecule has 0 aromatic heterocycles. The van der Waals surface area contributed by atoms with Gasteiger partial charge in [0.2, 0.25) is 41.2 Å². The van der Waals surface area contributed by atoms with E-state index in [4.69, 9.17) is 43.1 Å². The lowest BCUT2D eigenvalue weighted by Gasteiger charge is -2.54. The van der Waals surface area contributed by atoms with Gasteiger partial charge in [-0.3, -0.25) is 28.8 Å².